The molecule has 172 valence electrons. The zero-order valence-corrected chi connectivity index (χ0v) is 17.8. The minimum Gasteiger partial charge on any atom is -0.406 e. The minimum atomic E-state index is -4.78. The van der Waals surface area contributed by atoms with E-state index in [0.29, 0.717) is 17.2 Å². The molecule has 0 radical (unpaired) electrons. The molecule has 4 rings (SSSR count). The quantitative estimate of drug-likeness (QED) is 0.566. The topological polar surface area (TPSA) is 80.2 Å². The summed E-state index contributed by atoms with van der Waals surface area (Å²) in [5.41, 5.74) is 2.12. The third-order valence-electron chi connectivity index (χ3n) is 5.51. The predicted octanol–water partition coefficient (Wildman–Crippen LogP) is 4.93. The lowest BCUT2D eigenvalue weighted by atomic mass is 10.1. The van der Waals surface area contributed by atoms with Crippen LogP contribution in [0.1, 0.15) is 30.1 Å². The van der Waals surface area contributed by atoms with Crippen LogP contribution in [0.3, 0.4) is 0 Å². The van der Waals surface area contributed by atoms with Gasteiger partial charge < -0.3 is 15.0 Å². The van der Waals surface area contributed by atoms with Crippen molar-refractivity contribution in [2.45, 2.75) is 26.1 Å². The molecule has 1 atom stereocenters. The number of carbonyl (C=O) groups is 1. The van der Waals surface area contributed by atoms with E-state index >= 15 is 0 Å². The molecule has 0 unspecified atom stereocenters. The van der Waals surface area contributed by atoms with Crippen molar-refractivity contribution < 1.29 is 22.7 Å². The molecule has 33 heavy (non-hydrogen) atoms. The molecule has 3 aromatic rings. The number of nitrogens with one attached hydrogen (secondary N) is 1. The lowest BCUT2D eigenvalue weighted by molar-refractivity contribution is -0.274. The second-order valence-electron chi connectivity index (χ2n) is 7.76. The highest BCUT2D eigenvalue weighted by molar-refractivity contribution is 6.05. The van der Waals surface area contributed by atoms with Crippen LogP contribution in [0.5, 0.6) is 5.75 Å². The summed E-state index contributed by atoms with van der Waals surface area (Å²) in [5.74, 6) is 0.559. The average Bonchev–Trinajstić information content (AvgIpc) is 3.29. The smallest absolute Gasteiger partial charge is 0.406 e. The number of benzene rings is 1. The molecule has 0 saturated carbocycles. The van der Waals surface area contributed by atoms with Crippen LogP contribution in [0.2, 0.25) is 0 Å². The van der Waals surface area contributed by atoms with E-state index in [1.54, 1.807) is 18.5 Å². The molecule has 2 aromatic heterocycles. The van der Waals surface area contributed by atoms with E-state index in [1.165, 1.54) is 24.7 Å². The molecule has 1 amide bonds. The first-order valence-electron chi connectivity index (χ1n) is 10.5. The Bertz CT molecular complexity index is 1110. The van der Waals surface area contributed by atoms with Gasteiger partial charge in [0, 0.05) is 48.5 Å². The predicted molar refractivity (Wildman–Crippen MR) is 117 cm³/mol. The number of carbonyl (C=O) groups excluding carboxylic acids is 1. The van der Waals surface area contributed by atoms with Crippen LogP contribution in [0.4, 0.5) is 24.7 Å². The van der Waals surface area contributed by atoms with E-state index in [4.69, 9.17) is 0 Å². The summed E-state index contributed by atoms with van der Waals surface area (Å²) in [6.45, 7) is 3.94. The number of alkyl halides is 3. The number of pyridine rings is 1. The summed E-state index contributed by atoms with van der Waals surface area (Å²) < 4.78 is 40.8. The van der Waals surface area contributed by atoms with Crippen LogP contribution in [0.25, 0.3) is 11.1 Å². The molecular formula is C23H22F3N5O2. The molecule has 1 aliphatic rings. The van der Waals surface area contributed by atoms with E-state index in [-0.39, 0.29) is 5.75 Å². The fraction of sp³-hybridized carbons (Fsp3) is 0.304. The molecule has 0 spiro atoms. The molecule has 1 aliphatic heterocycles. The number of halogens is 3. The third-order valence-corrected chi connectivity index (χ3v) is 5.51. The number of amides is 1. The van der Waals surface area contributed by atoms with E-state index in [0.717, 1.165) is 55.0 Å². The van der Waals surface area contributed by atoms with Gasteiger partial charge in [-0.3, -0.25) is 4.79 Å². The zero-order valence-electron chi connectivity index (χ0n) is 17.8. The van der Waals surface area contributed by atoms with Crippen molar-refractivity contribution in [3.8, 4) is 16.9 Å². The minimum absolute atomic E-state index is 0.305. The number of rotatable bonds is 6. The van der Waals surface area contributed by atoms with Crippen molar-refractivity contribution in [1.29, 1.82) is 0 Å². The Labute approximate surface area is 188 Å². The van der Waals surface area contributed by atoms with Crippen molar-refractivity contribution in [2.24, 2.45) is 5.92 Å². The summed E-state index contributed by atoms with van der Waals surface area (Å²) in [5, 5.41) is 2.67. The van der Waals surface area contributed by atoms with Gasteiger partial charge in [-0.25, -0.2) is 15.0 Å². The molecule has 0 aliphatic carbocycles. The van der Waals surface area contributed by atoms with Crippen molar-refractivity contribution >= 4 is 17.4 Å². The van der Waals surface area contributed by atoms with Crippen LogP contribution >= 0.6 is 0 Å². The molecule has 1 N–H and O–H groups in total. The maximum absolute atomic E-state index is 12.8. The summed E-state index contributed by atoms with van der Waals surface area (Å²) in [6.07, 6.45) is 3.67. The maximum Gasteiger partial charge on any atom is 0.573 e. The highest BCUT2D eigenvalue weighted by Gasteiger charge is 2.31. The van der Waals surface area contributed by atoms with E-state index < -0.39 is 12.3 Å². The van der Waals surface area contributed by atoms with Gasteiger partial charge in [0.15, 0.2) is 0 Å². The Morgan fingerprint density at radius 3 is 2.55 bits per heavy atom. The van der Waals surface area contributed by atoms with Crippen LogP contribution in [-0.2, 0) is 0 Å². The van der Waals surface area contributed by atoms with Crippen LogP contribution in [-0.4, -0.2) is 40.3 Å². The summed E-state index contributed by atoms with van der Waals surface area (Å²) in [7, 11) is 0. The standard InChI is InChI=1S/C23H22F3N5O2/c1-2-15-7-8-31(13-15)21-20(17-10-27-14-28-11-17)9-16(12-29-21)22(32)30-18-3-5-19(6-4-18)33-23(24,25)26/h3-6,9-12,14-15H,2,7-8,13H2,1H3,(H,30,32)/t15-/m1/s1. The normalized spacial score (nSPS) is 16.0. The number of hydrogen-bond donors (Lipinski definition) is 1. The Hall–Kier alpha value is -3.69. The van der Waals surface area contributed by atoms with Crippen molar-refractivity contribution in [3.05, 3.63) is 60.8 Å². The number of nitrogens with zero attached hydrogens (tertiary/aromatic N) is 4. The van der Waals surface area contributed by atoms with Gasteiger partial charge in [-0.2, -0.15) is 0 Å². The molecule has 0 bridgehead atoms. The van der Waals surface area contributed by atoms with E-state index in [2.05, 4.69) is 36.8 Å². The third kappa shape index (κ3) is 5.57. The number of anilines is 2. The van der Waals surface area contributed by atoms with Crippen LogP contribution < -0.4 is 15.0 Å². The second-order valence-corrected chi connectivity index (χ2v) is 7.76. The Morgan fingerprint density at radius 2 is 1.91 bits per heavy atom. The summed E-state index contributed by atoms with van der Waals surface area (Å²) >= 11 is 0. The zero-order chi connectivity index (χ0) is 23.4. The van der Waals surface area contributed by atoms with Gasteiger partial charge in [-0.15, -0.1) is 13.2 Å². The highest BCUT2D eigenvalue weighted by atomic mass is 19.4. The molecule has 7 nitrogen and oxygen atoms in total. The lowest BCUT2D eigenvalue weighted by Crippen LogP contribution is -2.22. The SMILES string of the molecule is CC[C@@H]1CCN(c2ncc(C(=O)Nc3ccc(OC(F)(F)F)cc3)cc2-c2cncnc2)C1. The van der Waals surface area contributed by atoms with Gasteiger partial charge in [0.25, 0.3) is 5.91 Å². The largest absolute Gasteiger partial charge is 0.573 e. The van der Waals surface area contributed by atoms with Gasteiger partial charge in [-0.1, -0.05) is 13.3 Å². The Balaban J connectivity index is 1.57. The van der Waals surface area contributed by atoms with E-state index in [9.17, 15) is 18.0 Å². The fourth-order valence-corrected chi connectivity index (χ4v) is 3.79. The first-order valence-corrected chi connectivity index (χ1v) is 10.5. The summed E-state index contributed by atoms with van der Waals surface area (Å²) in [4.78, 5) is 27.8. The van der Waals surface area contributed by atoms with Gasteiger partial charge in [0.1, 0.15) is 17.9 Å². The van der Waals surface area contributed by atoms with Crippen LogP contribution in [0.15, 0.2) is 55.2 Å². The van der Waals surface area contributed by atoms with Crippen molar-refractivity contribution in [1.82, 2.24) is 15.0 Å². The molecule has 1 aromatic carbocycles. The maximum atomic E-state index is 12.8. The fourth-order valence-electron chi connectivity index (χ4n) is 3.79. The number of ether oxygens (including phenoxy) is 1. The lowest BCUT2D eigenvalue weighted by Gasteiger charge is -2.21. The van der Waals surface area contributed by atoms with Gasteiger partial charge >= 0.3 is 6.36 Å². The second kappa shape index (κ2) is 9.43. The highest BCUT2D eigenvalue weighted by Crippen LogP contribution is 2.33. The molecule has 1 fully saturated rings. The molecule has 10 heteroatoms. The first kappa shape index (κ1) is 22.5. The Kier molecular flexibility index (Phi) is 6.43. The monoisotopic (exact) mass is 457 g/mol. The van der Waals surface area contributed by atoms with Gasteiger partial charge in [-0.05, 0) is 42.7 Å². The van der Waals surface area contributed by atoms with Crippen molar-refractivity contribution in [3.63, 3.8) is 0 Å². The first-order chi connectivity index (χ1) is 15.8. The van der Waals surface area contributed by atoms with Crippen LogP contribution in [0, 0.1) is 5.92 Å². The van der Waals surface area contributed by atoms with Gasteiger partial charge in [0.2, 0.25) is 0 Å². The molecule has 3 heterocycles. The average molecular weight is 457 g/mol. The Morgan fingerprint density at radius 1 is 1.18 bits per heavy atom. The number of aromatic nitrogens is 3. The summed E-state index contributed by atoms with van der Waals surface area (Å²) in [6, 6.07) is 6.67. The van der Waals surface area contributed by atoms with E-state index in [1.807, 2.05) is 0 Å². The van der Waals surface area contributed by atoms with Gasteiger partial charge in [0.05, 0.1) is 5.56 Å². The molecule has 1 saturated heterocycles. The van der Waals surface area contributed by atoms with Crippen molar-refractivity contribution in [2.75, 3.05) is 23.3 Å². The number of hydrogen-bond acceptors (Lipinski definition) is 6. The molecular weight excluding hydrogens is 435 g/mol.